The van der Waals surface area contributed by atoms with E-state index in [9.17, 15) is 32.3 Å². The third-order valence-electron chi connectivity index (χ3n) is 13.2. The summed E-state index contributed by atoms with van der Waals surface area (Å²) in [6.07, 6.45) is -4.40. The van der Waals surface area contributed by atoms with Gasteiger partial charge in [0, 0.05) is 37.1 Å². The highest BCUT2D eigenvalue weighted by molar-refractivity contribution is 6.07. The zero-order valence-corrected chi connectivity index (χ0v) is 38.0. The van der Waals surface area contributed by atoms with E-state index in [-0.39, 0.29) is 30.7 Å². The van der Waals surface area contributed by atoms with Crippen molar-refractivity contribution < 1.29 is 51.3 Å². The van der Waals surface area contributed by atoms with Crippen molar-refractivity contribution in [3.63, 3.8) is 0 Å². The van der Waals surface area contributed by atoms with E-state index in [1.165, 1.54) is 7.11 Å². The maximum atomic E-state index is 14.4. The molecule has 3 aliphatic rings. The predicted octanol–water partition coefficient (Wildman–Crippen LogP) is 8.13. The van der Waals surface area contributed by atoms with Crippen LogP contribution in [0.15, 0.2) is 79.0 Å². The minimum absolute atomic E-state index is 0.0185. The number of halogens is 3. The van der Waals surface area contributed by atoms with Gasteiger partial charge in [-0.15, -0.1) is 0 Å². The summed E-state index contributed by atoms with van der Waals surface area (Å²) in [6.45, 7) is 3.87. The smallest absolute Gasteiger partial charge is 0.407 e. The highest BCUT2D eigenvalue weighted by Crippen LogP contribution is 2.46. The number of alkyl carbamates (subject to hydrolysis) is 2. The van der Waals surface area contributed by atoms with Crippen LogP contribution in [-0.2, 0) is 30.4 Å². The molecule has 0 aliphatic carbocycles. The fourth-order valence-electron chi connectivity index (χ4n) is 9.80. The second-order valence-electron chi connectivity index (χ2n) is 17.9. The Hall–Kier alpha value is -7.15. The quantitative estimate of drug-likeness (QED) is 0.0986. The van der Waals surface area contributed by atoms with Crippen molar-refractivity contribution in [2.24, 2.45) is 17.8 Å². The molecule has 0 spiro atoms. The molecule has 68 heavy (non-hydrogen) atoms. The van der Waals surface area contributed by atoms with Crippen LogP contribution in [0.4, 0.5) is 22.8 Å². The Morgan fingerprint density at radius 2 is 1.57 bits per heavy atom. The second kappa shape index (κ2) is 18.5. The van der Waals surface area contributed by atoms with Gasteiger partial charge in [-0.1, -0.05) is 62.4 Å². The monoisotopic (exact) mass is 936 g/mol. The Labute approximate surface area is 388 Å². The lowest BCUT2D eigenvalue weighted by Gasteiger charge is -2.30. The summed E-state index contributed by atoms with van der Waals surface area (Å²) in [5.41, 5.74) is 6.06. The van der Waals surface area contributed by atoms with E-state index >= 15 is 0 Å². The Kier molecular flexibility index (Phi) is 12.5. The van der Waals surface area contributed by atoms with Gasteiger partial charge in [0.25, 0.3) is 5.91 Å². The number of carbonyl (C=O) groups is 4. The van der Waals surface area contributed by atoms with Crippen LogP contribution in [0.25, 0.3) is 44.2 Å². The molecule has 356 valence electrons. The molecule has 0 bridgehead atoms. The van der Waals surface area contributed by atoms with Gasteiger partial charge in [0.05, 0.1) is 61.8 Å². The lowest BCUT2D eigenvalue weighted by molar-refractivity contribution is -0.171. The van der Waals surface area contributed by atoms with Crippen LogP contribution in [-0.4, -0.2) is 107 Å². The number of nitrogens with one attached hydrogen (secondary N) is 4. The van der Waals surface area contributed by atoms with Crippen LogP contribution in [0.5, 0.6) is 5.75 Å². The molecule has 0 radical (unpaired) electrons. The number of carbonyl (C=O) groups excluding carboxylic acids is 4. The molecule has 9 rings (SSSR count). The zero-order chi connectivity index (χ0) is 48.0. The van der Waals surface area contributed by atoms with Gasteiger partial charge in [-0.3, -0.25) is 9.59 Å². The average Bonchev–Trinajstić information content (AvgIpc) is 4.17. The summed E-state index contributed by atoms with van der Waals surface area (Å²) in [4.78, 5) is 71.9. The molecule has 16 nitrogen and oxygen atoms in total. The van der Waals surface area contributed by atoms with E-state index < -0.39 is 66.8 Å². The summed E-state index contributed by atoms with van der Waals surface area (Å²) in [5, 5.41) is 6.99. The summed E-state index contributed by atoms with van der Waals surface area (Å²) >= 11 is 0. The summed E-state index contributed by atoms with van der Waals surface area (Å²) in [6, 6.07) is 19.2. The van der Waals surface area contributed by atoms with Crippen molar-refractivity contribution in [3.05, 3.63) is 102 Å². The molecule has 6 aromatic rings. The van der Waals surface area contributed by atoms with Crippen molar-refractivity contribution >= 4 is 45.8 Å². The van der Waals surface area contributed by atoms with Crippen molar-refractivity contribution in [1.29, 1.82) is 0 Å². The normalized spacial score (nSPS) is 19.9. The number of aromatic nitrogens is 4. The molecule has 2 fully saturated rings. The zero-order valence-electron chi connectivity index (χ0n) is 38.0. The Bertz CT molecular complexity index is 2890. The fourth-order valence-corrected chi connectivity index (χ4v) is 9.80. The molecule has 4 amide bonds. The third-order valence-corrected chi connectivity index (χ3v) is 13.2. The number of hydrogen-bond acceptors (Lipinski definition) is 10. The number of ether oxygens (including phenoxy) is 4. The molecule has 0 saturated carbocycles. The number of benzene rings is 4. The molecule has 2 saturated heterocycles. The molecular formula is C49H51F3N8O8. The number of aromatic amines is 2. The number of methoxy groups -OCH3 is 3. The van der Waals surface area contributed by atoms with Gasteiger partial charge in [0.1, 0.15) is 36.1 Å². The van der Waals surface area contributed by atoms with Gasteiger partial charge in [0.2, 0.25) is 5.91 Å². The molecule has 5 heterocycles. The van der Waals surface area contributed by atoms with Crippen molar-refractivity contribution in [2.45, 2.75) is 63.6 Å². The Balaban J connectivity index is 0.989. The lowest BCUT2D eigenvalue weighted by atomic mass is 9.92. The maximum absolute atomic E-state index is 14.4. The number of H-pyrrole nitrogens is 2. The van der Waals surface area contributed by atoms with E-state index in [4.69, 9.17) is 19.2 Å². The van der Waals surface area contributed by atoms with E-state index in [0.29, 0.717) is 47.9 Å². The van der Waals surface area contributed by atoms with E-state index in [1.54, 1.807) is 56.3 Å². The SMILES string of the molecule is COC[C@H]1C[C@@H](c2nc3ccc4cc5c(cc4c3[nH]2)OCc2cc(-c3cnc([C@@H]4CC(C(F)(F)F)CN4C(=O)C(NC(=O)OC)C(C)C)[nH]3)ccc2-5)N(C(=O)[C@H](NC(=O)OC)c2ccccc2)C1. The fraction of sp³-hybridized carbons (Fsp3) is 0.388. The number of alkyl halides is 3. The van der Waals surface area contributed by atoms with Crippen molar-refractivity contribution in [1.82, 2.24) is 40.4 Å². The van der Waals surface area contributed by atoms with Gasteiger partial charge in [-0.05, 0) is 70.7 Å². The van der Waals surface area contributed by atoms with Gasteiger partial charge in [-0.25, -0.2) is 19.6 Å². The van der Waals surface area contributed by atoms with E-state index in [2.05, 4.69) is 36.4 Å². The van der Waals surface area contributed by atoms with Gasteiger partial charge < -0.3 is 49.3 Å². The topological polar surface area (TPSA) is 193 Å². The molecular weight excluding hydrogens is 886 g/mol. The third kappa shape index (κ3) is 8.77. The summed E-state index contributed by atoms with van der Waals surface area (Å²) in [7, 11) is 4.03. The molecule has 2 unspecified atom stereocenters. The van der Waals surface area contributed by atoms with Crippen LogP contribution in [0.2, 0.25) is 0 Å². The number of likely N-dealkylation sites (tertiary alicyclic amines) is 2. The van der Waals surface area contributed by atoms with Crippen LogP contribution >= 0.6 is 0 Å². The highest BCUT2D eigenvalue weighted by Gasteiger charge is 2.51. The number of hydrogen-bond donors (Lipinski definition) is 4. The highest BCUT2D eigenvalue weighted by atomic mass is 19.4. The average molecular weight is 937 g/mol. The molecule has 4 N–H and O–H groups in total. The summed E-state index contributed by atoms with van der Waals surface area (Å²) in [5.74, 6) is -1.68. The minimum atomic E-state index is -4.55. The first-order chi connectivity index (χ1) is 32.6. The second-order valence-corrected chi connectivity index (χ2v) is 17.9. The first-order valence-corrected chi connectivity index (χ1v) is 22.3. The number of nitrogens with zero attached hydrogens (tertiary/aromatic N) is 4. The van der Waals surface area contributed by atoms with Crippen LogP contribution in [0.3, 0.4) is 0 Å². The number of amides is 4. The standard InChI is InChI=1S/C49H51F3N8O8/c1-25(2)40(57-47(63)66-4)45(61)60-22-31(49(50,51)52)18-38(60)43-53-20-36(55-43)29-11-13-32-30(16-29)24-68-39-19-33-28(17-34(32)39)12-14-35-42(33)56-44(54-35)37-15-26(23-65-3)21-59(37)46(62)41(58-48(64)67-5)27-9-7-6-8-10-27/h6-14,16-17,19-20,25-26,31,37-38,40-41H,15,18,21-24H2,1-5H3,(H,53,55)(H,54,56)(H,57,63)(H,58,64)/t26-,31?,37-,38-,40?,41+/m0/s1. The molecule has 3 aliphatic heterocycles. The van der Waals surface area contributed by atoms with E-state index in [0.717, 1.165) is 50.6 Å². The van der Waals surface area contributed by atoms with Gasteiger partial charge >= 0.3 is 18.4 Å². The lowest BCUT2D eigenvalue weighted by Crippen LogP contribution is -2.51. The number of fused-ring (bicyclic) bond motifs is 6. The first kappa shape index (κ1) is 46.0. The van der Waals surface area contributed by atoms with Gasteiger partial charge in [0.15, 0.2) is 0 Å². The largest absolute Gasteiger partial charge is 0.488 e. The van der Waals surface area contributed by atoms with Crippen LogP contribution < -0.4 is 15.4 Å². The van der Waals surface area contributed by atoms with Crippen LogP contribution in [0, 0.1) is 17.8 Å². The molecule has 19 heteroatoms. The molecule has 4 aromatic carbocycles. The van der Waals surface area contributed by atoms with Crippen molar-refractivity contribution in [2.75, 3.05) is 41.0 Å². The Morgan fingerprint density at radius 1 is 0.838 bits per heavy atom. The maximum Gasteiger partial charge on any atom is 0.407 e. The number of imidazole rings is 2. The predicted molar refractivity (Wildman–Crippen MR) is 243 cm³/mol. The number of rotatable bonds is 11. The Morgan fingerprint density at radius 3 is 2.29 bits per heavy atom. The summed E-state index contributed by atoms with van der Waals surface area (Å²) < 4.78 is 63.9. The minimum Gasteiger partial charge on any atom is -0.488 e. The van der Waals surface area contributed by atoms with Gasteiger partial charge in [-0.2, -0.15) is 13.2 Å². The first-order valence-electron chi connectivity index (χ1n) is 22.3. The van der Waals surface area contributed by atoms with E-state index in [1.807, 2.05) is 42.5 Å². The molecule has 2 aromatic heterocycles. The van der Waals surface area contributed by atoms with Crippen molar-refractivity contribution in [3.8, 4) is 28.1 Å². The van der Waals surface area contributed by atoms with Crippen LogP contribution in [0.1, 0.15) is 67.6 Å². The molecule has 6 atom stereocenters.